The zero-order valence-electron chi connectivity index (χ0n) is 4.59. The number of hydrogen-bond acceptors (Lipinski definition) is 2. The second-order valence-electron chi connectivity index (χ2n) is 1.52. The molecule has 0 aromatic rings. The summed E-state index contributed by atoms with van der Waals surface area (Å²) in [4.78, 5) is 20.6. The number of halogens is 1. The quantitative estimate of drug-likeness (QED) is 0.510. The highest BCUT2D eigenvalue weighted by Crippen LogP contribution is 1.82. The van der Waals surface area contributed by atoms with Crippen molar-refractivity contribution in [3.05, 3.63) is 12.2 Å². The normalized spacial score (nSPS) is 16.4. The van der Waals surface area contributed by atoms with Crippen molar-refractivity contribution in [2.45, 2.75) is 0 Å². The number of amides is 1. The Kier molecular flexibility index (Phi) is 2.95. The Labute approximate surface area is 58.5 Å². The zero-order valence-corrected chi connectivity index (χ0v) is 5.40. The van der Waals surface area contributed by atoms with Crippen molar-refractivity contribution in [3.8, 4) is 0 Å². The predicted molar refractivity (Wildman–Crippen MR) is 34.4 cm³/mol. The molecule has 1 aliphatic heterocycles. The molecule has 1 rings (SSSR count). The second-order valence-corrected chi connectivity index (χ2v) is 1.52. The van der Waals surface area contributed by atoms with E-state index in [1.807, 2.05) is 0 Å². The summed E-state index contributed by atoms with van der Waals surface area (Å²) < 4.78 is 0. The van der Waals surface area contributed by atoms with Crippen LogP contribution in [0.25, 0.3) is 0 Å². The summed E-state index contributed by atoms with van der Waals surface area (Å²) in [6, 6.07) is 0. The Morgan fingerprint density at radius 1 is 1.33 bits per heavy atom. The average Bonchev–Trinajstić information content (AvgIpc) is 1.77. The van der Waals surface area contributed by atoms with Crippen LogP contribution < -0.4 is 5.32 Å². The van der Waals surface area contributed by atoms with Gasteiger partial charge in [0.25, 0.3) is 0 Å². The summed E-state index contributed by atoms with van der Waals surface area (Å²) in [6.07, 6.45) is 2.50. The Morgan fingerprint density at radius 2 is 2.00 bits per heavy atom. The van der Waals surface area contributed by atoms with E-state index in [0.717, 1.165) is 0 Å². The Balaban J connectivity index is 0.000000640. The molecule has 0 radical (unpaired) electrons. The molecule has 1 N–H and O–H groups in total. The van der Waals surface area contributed by atoms with Crippen LogP contribution in [0.1, 0.15) is 0 Å². The lowest BCUT2D eigenvalue weighted by molar-refractivity contribution is -0.121. The van der Waals surface area contributed by atoms with Gasteiger partial charge in [-0.2, -0.15) is 0 Å². The first kappa shape index (κ1) is 8.17. The van der Waals surface area contributed by atoms with Crippen molar-refractivity contribution in [1.82, 2.24) is 5.32 Å². The van der Waals surface area contributed by atoms with Crippen LogP contribution in [0.15, 0.2) is 12.2 Å². The summed E-state index contributed by atoms with van der Waals surface area (Å²) >= 11 is 0. The number of nitrogens with one attached hydrogen (secondary N) is 1. The van der Waals surface area contributed by atoms with Crippen LogP contribution in [0.3, 0.4) is 0 Å². The summed E-state index contributed by atoms with van der Waals surface area (Å²) in [5, 5.41) is 2.36. The largest absolute Gasteiger partial charge is 0.345 e. The van der Waals surface area contributed by atoms with Gasteiger partial charge in [-0.15, -0.1) is 12.4 Å². The lowest BCUT2D eigenvalue weighted by Crippen LogP contribution is -2.30. The molecule has 1 amide bonds. The molecule has 1 aliphatic rings. The molecule has 0 aromatic heterocycles. The molecule has 4 heteroatoms. The van der Waals surface area contributed by atoms with Gasteiger partial charge in [0, 0.05) is 6.08 Å². The average molecular weight is 148 g/mol. The lowest BCUT2D eigenvalue weighted by Gasteiger charge is -2.01. The van der Waals surface area contributed by atoms with Gasteiger partial charge in [-0.1, -0.05) is 0 Å². The second kappa shape index (κ2) is 3.25. The van der Waals surface area contributed by atoms with Crippen LogP contribution in [0.4, 0.5) is 0 Å². The van der Waals surface area contributed by atoms with Crippen molar-refractivity contribution in [1.29, 1.82) is 0 Å². The monoisotopic (exact) mass is 147 g/mol. The third kappa shape index (κ3) is 2.28. The molecule has 1 heterocycles. The van der Waals surface area contributed by atoms with Gasteiger partial charge in [-0.05, 0) is 6.08 Å². The van der Waals surface area contributed by atoms with Gasteiger partial charge >= 0.3 is 0 Å². The van der Waals surface area contributed by atoms with E-state index in [2.05, 4.69) is 5.32 Å². The van der Waals surface area contributed by atoms with Crippen LogP contribution in [-0.4, -0.2) is 18.2 Å². The van der Waals surface area contributed by atoms with Crippen LogP contribution in [0.5, 0.6) is 0 Å². The van der Waals surface area contributed by atoms with E-state index in [1.165, 1.54) is 12.2 Å². The predicted octanol–water partition coefficient (Wildman–Crippen LogP) is -0.337. The van der Waals surface area contributed by atoms with E-state index in [0.29, 0.717) is 0 Å². The number of carbonyl (C=O) groups is 2. The maximum Gasteiger partial charge on any atom is 0.244 e. The first-order valence-electron chi connectivity index (χ1n) is 2.28. The molecule has 0 bridgehead atoms. The highest BCUT2D eigenvalue weighted by atomic mass is 35.5. The Morgan fingerprint density at radius 3 is 2.33 bits per heavy atom. The van der Waals surface area contributed by atoms with Crippen LogP contribution in [-0.2, 0) is 9.59 Å². The molecule has 0 fully saturated rings. The van der Waals surface area contributed by atoms with Crippen LogP contribution >= 0.6 is 12.4 Å². The van der Waals surface area contributed by atoms with Crippen molar-refractivity contribution >= 4 is 24.1 Å². The van der Waals surface area contributed by atoms with E-state index in [-0.39, 0.29) is 30.6 Å². The minimum atomic E-state index is -0.190. The molecule has 3 nitrogen and oxygen atoms in total. The smallest absolute Gasteiger partial charge is 0.244 e. The number of hydrogen-bond donors (Lipinski definition) is 1. The maximum atomic E-state index is 10.3. The maximum absolute atomic E-state index is 10.3. The number of ketones is 1. The first-order chi connectivity index (χ1) is 3.79. The number of rotatable bonds is 0. The fourth-order valence-corrected chi connectivity index (χ4v) is 0.461. The first-order valence-corrected chi connectivity index (χ1v) is 2.28. The molecule has 0 saturated heterocycles. The topological polar surface area (TPSA) is 46.2 Å². The van der Waals surface area contributed by atoms with Gasteiger partial charge in [-0.25, -0.2) is 0 Å². The molecular formula is C5H6ClNO2. The standard InChI is InChI=1S/C5H5NO2.ClH/c7-4-1-2-5(8)6-3-4;/h1-2H,3H2,(H,6,8);1H. The SMILES string of the molecule is Cl.O=C1C=CC(=O)NC1. The summed E-state index contributed by atoms with van der Waals surface area (Å²) in [7, 11) is 0. The van der Waals surface area contributed by atoms with Gasteiger partial charge in [0.1, 0.15) is 0 Å². The van der Waals surface area contributed by atoms with E-state index in [9.17, 15) is 9.59 Å². The van der Waals surface area contributed by atoms with Crippen molar-refractivity contribution < 1.29 is 9.59 Å². The van der Waals surface area contributed by atoms with Crippen molar-refractivity contribution in [2.24, 2.45) is 0 Å². The van der Waals surface area contributed by atoms with E-state index < -0.39 is 0 Å². The van der Waals surface area contributed by atoms with Gasteiger partial charge in [-0.3, -0.25) is 9.59 Å². The minimum absolute atomic E-state index is 0. The highest BCUT2D eigenvalue weighted by Gasteiger charge is 2.04. The third-order valence-electron chi connectivity index (χ3n) is 0.857. The van der Waals surface area contributed by atoms with E-state index in [4.69, 9.17) is 0 Å². The minimum Gasteiger partial charge on any atom is -0.345 e. The Bertz CT molecular complexity index is 146. The summed E-state index contributed by atoms with van der Waals surface area (Å²) in [5.74, 6) is -0.241. The third-order valence-corrected chi connectivity index (χ3v) is 0.857. The molecule has 50 valence electrons. The van der Waals surface area contributed by atoms with Crippen molar-refractivity contribution in [2.75, 3.05) is 6.54 Å². The van der Waals surface area contributed by atoms with Gasteiger partial charge in [0.15, 0.2) is 5.78 Å². The lowest BCUT2D eigenvalue weighted by atomic mass is 10.3. The molecular weight excluding hydrogens is 142 g/mol. The van der Waals surface area contributed by atoms with E-state index in [1.54, 1.807) is 0 Å². The fourth-order valence-electron chi connectivity index (χ4n) is 0.461. The number of carbonyl (C=O) groups excluding carboxylic acids is 2. The highest BCUT2D eigenvalue weighted by molar-refractivity contribution is 6.04. The molecule has 0 aromatic carbocycles. The molecule has 9 heavy (non-hydrogen) atoms. The summed E-state index contributed by atoms with van der Waals surface area (Å²) in [5.41, 5.74) is 0. The molecule has 0 atom stereocenters. The van der Waals surface area contributed by atoms with Crippen LogP contribution in [0, 0.1) is 0 Å². The molecule has 0 saturated carbocycles. The fraction of sp³-hybridized carbons (Fsp3) is 0.200. The van der Waals surface area contributed by atoms with Gasteiger partial charge < -0.3 is 5.32 Å². The zero-order chi connectivity index (χ0) is 5.98. The van der Waals surface area contributed by atoms with E-state index >= 15 is 0 Å². The molecule has 0 unspecified atom stereocenters. The van der Waals surface area contributed by atoms with Gasteiger partial charge in [0.05, 0.1) is 6.54 Å². The summed E-state index contributed by atoms with van der Waals surface area (Å²) in [6.45, 7) is 0.148. The van der Waals surface area contributed by atoms with Gasteiger partial charge in [0.2, 0.25) is 5.91 Å². The molecule has 0 aliphatic carbocycles. The molecule has 0 spiro atoms. The Hall–Kier alpha value is -0.830. The van der Waals surface area contributed by atoms with Crippen molar-refractivity contribution in [3.63, 3.8) is 0 Å². The van der Waals surface area contributed by atoms with Crippen LogP contribution in [0.2, 0.25) is 0 Å².